The first-order valence-corrected chi connectivity index (χ1v) is 7.35. The Balaban J connectivity index is 2.22. The molecule has 0 aromatic heterocycles. The first-order chi connectivity index (χ1) is 9.91. The van der Waals surface area contributed by atoms with E-state index in [0.717, 1.165) is 35.5 Å². The van der Waals surface area contributed by atoms with Crippen LogP contribution < -0.4 is 10.6 Å². The maximum atomic E-state index is 12.4. The van der Waals surface area contributed by atoms with Crippen molar-refractivity contribution in [2.24, 2.45) is 0 Å². The van der Waals surface area contributed by atoms with Crippen LogP contribution in [0.5, 0.6) is 0 Å². The van der Waals surface area contributed by atoms with Crippen molar-refractivity contribution in [2.75, 3.05) is 10.6 Å². The van der Waals surface area contributed by atoms with E-state index in [-0.39, 0.29) is 11.6 Å². The minimum atomic E-state index is -0.959. The summed E-state index contributed by atoms with van der Waals surface area (Å²) in [4.78, 5) is 24.7. The number of allylic oxidation sites excluding steroid dienone is 1. The number of anilines is 2. The summed E-state index contributed by atoms with van der Waals surface area (Å²) in [5.74, 6) is 0.0277. The highest BCUT2D eigenvalue weighted by molar-refractivity contribution is 6.10. The van der Waals surface area contributed by atoms with E-state index in [1.807, 2.05) is 32.0 Å². The van der Waals surface area contributed by atoms with Crippen molar-refractivity contribution >= 4 is 22.9 Å². The molecule has 21 heavy (non-hydrogen) atoms. The smallest absolute Gasteiger partial charge is 0.163 e. The average molecular weight is 284 g/mol. The number of hydrogen-bond donors (Lipinski definition) is 2. The molecule has 0 radical (unpaired) electrons. The number of carbonyl (C=O) groups is 2. The zero-order valence-electron chi connectivity index (χ0n) is 12.7. The monoisotopic (exact) mass is 284 g/mol. The fourth-order valence-electron chi connectivity index (χ4n) is 3.18. The highest BCUT2D eigenvalue weighted by atomic mass is 16.1. The molecular formula is C17H20N2O2. The molecule has 1 heterocycles. The van der Waals surface area contributed by atoms with E-state index >= 15 is 0 Å². The van der Waals surface area contributed by atoms with Gasteiger partial charge in [-0.1, -0.05) is 6.07 Å². The van der Waals surface area contributed by atoms with Crippen LogP contribution in [0.4, 0.5) is 11.4 Å². The predicted octanol–water partition coefficient (Wildman–Crippen LogP) is 3.19. The summed E-state index contributed by atoms with van der Waals surface area (Å²) in [6.45, 7) is 5.36. The number of hydrogen-bond acceptors (Lipinski definition) is 4. The Hall–Kier alpha value is -2.10. The molecule has 4 heteroatoms. The van der Waals surface area contributed by atoms with Crippen molar-refractivity contribution in [3.8, 4) is 0 Å². The van der Waals surface area contributed by atoms with Gasteiger partial charge < -0.3 is 10.6 Å². The number of nitrogens with one attached hydrogen (secondary N) is 2. The van der Waals surface area contributed by atoms with Gasteiger partial charge in [0.2, 0.25) is 0 Å². The fraction of sp³-hybridized carbons (Fsp3) is 0.412. The molecule has 1 aliphatic heterocycles. The maximum Gasteiger partial charge on any atom is 0.163 e. The molecule has 3 rings (SSSR count). The Bertz CT molecular complexity index is 675. The molecule has 0 fully saturated rings. The summed E-state index contributed by atoms with van der Waals surface area (Å²) in [6.07, 6.45) is 2.15. The Morgan fingerprint density at radius 1 is 1.24 bits per heavy atom. The zero-order chi connectivity index (χ0) is 15.2. The first-order valence-electron chi connectivity index (χ1n) is 7.35. The molecule has 2 aliphatic rings. The lowest BCUT2D eigenvalue weighted by atomic mass is 9.79. The van der Waals surface area contributed by atoms with Crippen molar-refractivity contribution in [1.29, 1.82) is 0 Å². The number of ketones is 2. The standard InChI is InChI=1S/C17H20N2O2/c1-10-7-8-12-14(9-10)19-17(3,11(2)20)16-13(18-12)5-4-6-15(16)21/h7-9,18-19H,4-6H2,1-3H3. The van der Waals surface area contributed by atoms with Crippen molar-refractivity contribution in [2.45, 2.75) is 45.6 Å². The quantitative estimate of drug-likeness (QED) is 0.831. The summed E-state index contributed by atoms with van der Waals surface area (Å²) in [7, 11) is 0. The molecule has 1 unspecified atom stereocenters. The van der Waals surface area contributed by atoms with Gasteiger partial charge in [-0.3, -0.25) is 9.59 Å². The summed E-state index contributed by atoms with van der Waals surface area (Å²) in [5.41, 5.74) is 3.44. The molecule has 0 spiro atoms. The molecule has 0 saturated carbocycles. The van der Waals surface area contributed by atoms with Crippen molar-refractivity contribution in [3.05, 3.63) is 35.0 Å². The van der Waals surface area contributed by atoms with Crippen LogP contribution in [0.2, 0.25) is 0 Å². The lowest BCUT2D eigenvalue weighted by molar-refractivity contribution is -0.123. The Kier molecular flexibility index (Phi) is 3.12. The lowest BCUT2D eigenvalue weighted by Gasteiger charge is -2.32. The molecule has 0 bridgehead atoms. The van der Waals surface area contributed by atoms with E-state index in [1.165, 1.54) is 0 Å². The molecule has 2 N–H and O–H groups in total. The molecule has 110 valence electrons. The summed E-state index contributed by atoms with van der Waals surface area (Å²) >= 11 is 0. The van der Waals surface area contributed by atoms with E-state index in [0.29, 0.717) is 12.0 Å². The SMILES string of the molecule is CC(=O)C1(C)Nc2cc(C)ccc2NC2=C1C(=O)CCC2. The first kappa shape index (κ1) is 13.9. The number of benzene rings is 1. The van der Waals surface area contributed by atoms with Crippen LogP contribution in [-0.4, -0.2) is 17.1 Å². The van der Waals surface area contributed by atoms with Gasteiger partial charge in [-0.25, -0.2) is 0 Å². The van der Waals surface area contributed by atoms with Crippen LogP contribution >= 0.6 is 0 Å². The van der Waals surface area contributed by atoms with E-state index in [9.17, 15) is 9.59 Å². The largest absolute Gasteiger partial charge is 0.368 e. The summed E-state index contributed by atoms with van der Waals surface area (Å²) in [5, 5.41) is 6.69. The van der Waals surface area contributed by atoms with E-state index in [2.05, 4.69) is 10.6 Å². The topological polar surface area (TPSA) is 58.2 Å². The second kappa shape index (κ2) is 4.72. The van der Waals surface area contributed by atoms with E-state index in [4.69, 9.17) is 0 Å². The highest BCUT2D eigenvalue weighted by Crippen LogP contribution is 2.39. The minimum absolute atomic E-state index is 0.0404. The normalized spacial score (nSPS) is 24.4. The zero-order valence-corrected chi connectivity index (χ0v) is 12.7. The van der Waals surface area contributed by atoms with Crippen LogP contribution in [-0.2, 0) is 9.59 Å². The molecule has 0 saturated heterocycles. The van der Waals surface area contributed by atoms with Crippen LogP contribution in [0.25, 0.3) is 0 Å². The van der Waals surface area contributed by atoms with Gasteiger partial charge in [0, 0.05) is 17.7 Å². The van der Waals surface area contributed by atoms with Gasteiger partial charge in [0.05, 0.1) is 11.4 Å². The Labute approximate surface area is 124 Å². The molecule has 4 nitrogen and oxygen atoms in total. The number of carbonyl (C=O) groups excluding carboxylic acids is 2. The third-order valence-electron chi connectivity index (χ3n) is 4.46. The van der Waals surface area contributed by atoms with Gasteiger partial charge in [0.15, 0.2) is 11.6 Å². The number of fused-ring (bicyclic) bond motifs is 1. The van der Waals surface area contributed by atoms with Gasteiger partial charge in [0.25, 0.3) is 0 Å². The minimum Gasteiger partial charge on any atom is -0.368 e. The molecule has 0 amide bonds. The van der Waals surface area contributed by atoms with Crippen molar-refractivity contribution < 1.29 is 9.59 Å². The third kappa shape index (κ3) is 2.15. The van der Waals surface area contributed by atoms with Gasteiger partial charge >= 0.3 is 0 Å². The average Bonchev–Trinajstić information content (AvgIpc) is 2.54. The molecule has 1 aromatic carbocycles. The second-order valence-electron chi connectivity index (χ2n) is 6.11. The molecule has 1 aliphatic carbocycles. The van der Waals surface area contributed by atoms with Crippen LogP contribution in [0.15, 0.2) is 29.5 Å². The van der Waals surface area contributed by atoms with Crippen molar-refractivity contribution in [1.82, 2.24) is 0 Å². The lowest BCUT2D eigenvalue weighted by Crippen LogP contribution is -2.47. The van der Waals surface area contributed by atoms with Gasteiger partial charge in [-0.05, 0) is 51.3 Å². The number of Topliss-reactive ketones (excluding diaryl/α,β-unsaturated/α-hetero) is 2. The van der Waals surface area contributed by atoms with Gasteiger partial charge in [0.1, 0.15) is 5.54 Å². The maximum absolute atomic E-state index is 12.4. The van der Waals surface area contributed by atoms with Crippen LogP contribution in [0.3, 0.4) is 0 Å². The summed E-state index contributed by atoms with van der Waals surface area (Å²) < 4.78 is 0. The number of aryl methyl sites for hydroxylation is 1. The Morgan fingerprint density at radius 2 is 2.00 bits per heavy atom. The van der Waals surface area contributed by atoms with Crippen molar-refractivity contribution in [3.63, 3.8) is 0 Å². The van der Waals surface area contributed by atoms with E-state index in [1.54, 1.807) is 6.92 Å². The third-order valence-corrected chi connectivity index (χ3v) is 4.46. The van der Waals surface area contributed by atoms with E-state index < -0.39 is 5.54 Å². The Morgan fingerprint density at radius 3 is 2.71 bits per heavy atom. The second-order valence-corrected chi connectivity index (χ2v) is 6.11. The highest BCUT2D eigenvalue weighted by Gasteiger charge is 2.43. The van der Waals surface area contributed by atoms with Crippen LogP contribution in [0, 0.1) is 6.92 Å². The fourth-order valence-corrected chi connectivity index (χ4v) is 3.18. The number of rotatable bonds is 1. The van der Waals surface area contributed by atoms with Gasteiger partial charge in [-0.2, -0.15) is 0 Å². The summed E-state index contributed by atoms with van der Waals surface area (Å²) in [6, 6.07) is 6.02. The molecular weight excluding hydrogens is 264 g/mol. The molecule has 1 atom stereocenters. The van der Waals surface area contributed by atoms with Crippen LogP contribution in [0.1, 0.15) is 38.7 Å². The molecule has 1 aromatic rings. The predicted molar refractivity (Wildman–Crippen MR) is 83.4 cm³/mol. The van der Waals surface area contributed by atoms with Gasteiger partial charge in [-0.15, -0.1) is 0 Å².